The van der Waals surface area contributed by atoms with E-state index in [0.717, 1.165) is 38.0 Å². The SMILES string of the molecule is CCCCN(C)C(=O)C1CCN(C(=O)C2CCN(C(=O)CCOc3ccccc3)CC2)CC1. The molecule has 3 rings (SSSR count). The highest BCUT2D eigenvalue weighted by molar-refractivity contribution is 5.82. The van der Waals surface area contributed by atoms with E-state index in [1.165, 1.54) is 0 Å². The molecule has 7 nitrogen and oxygen atoms in total. The summed E-state index contributed by atoms with van der Waals surface area (Å²) in [5.41, 5.74) is 0. The topological polar surface area (TPSA) is 70.2 Å². The van der Waals surface area contributed by atoms with E-state index in [2.05, 4.69) is 6.92 Å². The van der Waals surface area contributed by atoms with Crippen LogP contribution in [0, 0.1) is 11.8 Å². The van der Waals surface area contributed by atoms with Crippen LogP contribution in [0.15, 0.2) is 30.3 Å². The number of piperidine rings is 2. The van der Waals surface area contributed by atoms with Gasteiger partial charge in [-0.15, -0.1) is 0 Å². The Kier molecular flexibility index (Phi) is 9.58. The Balaban J connectivity index is 1.35. The fourth-order valence-corrected chi connectivity index (χ4v) is 4.73. The van der Waals surface area contributed by atoms with E-state index in [0.29, 0.717) is 52.0 Å². The minimum Gasteiger partial charge on any atom is -0.493 e. The van der Waals surface area contributed by atoms with Crippen molar-refractivity contribution >= 4 is 17.7 Å². The van der Waals surface area contributed by atoms with Gasteiger partial charge in [-0.05, 0) is 44.2 Å². The summed E-state index contributed by atoms with van der Waals surface area (Å²) in [6, 6.07) is 9.51. The summed E-state index contributed by atoms with van der Waals surface area (Å²) >= 11 is 0. The molecule has 0 bridgehead atoms. The quantitative estimate of drug-likeness (QED) is 0.571. The van der Waals surface area contributed by atoms with Gasteiger partial charge in [-0.1, -0.05) is 31.5 Å². The highest BCUT2D eigenvalue weighted by Gasteiger charge is 2.34. The van der Waals surface area contributed by atoms with Gasteiger partial charge >= 0.3 is 0 Å². The minimum absolute atomic E-state index is 0.0194. The Morgan fingerprint density at radius 1 is 0.939 bits per heavy atom. The van der Waals surface area contributed by atoms with Gasteiger partial charge in [0.05, 0.1) is 13.0 Å². The molecule has 2 saturated heterocycles. The van der Waals surface area contributed by atoms with E-state index in [1.807, 2.05) is 52.1 Å². The van der Waals surface area contributed by atoms with Gasteiger partial charge in [0.15, 0.2) is 0 Å². The first-order chi connectivity index (χ1) is 16.0. The number of hydrogen-bond donors (Lipinski definition) is 0. The maximum Gasteiger partial charge on any atom is 0.225 e. The summed E-state index contributed by atoms with van der Waals surface area (Å²) < 4.78 is 5.63. The van der Waals surface area contributed by atoms with E-state index < -0.39 is 0 Å². The molecule has 2 aliphatic heterocycles. The van der Waals surface area contributed by atoms with Gasteiger partial charge in [0.25, 0.3) is 0 Å². The van der Waals surface area contributed by atoms with Crippen LogP contribution >= 0.6 is 0 Å². The predicted molar refractivity (Wildman–Crippen MR) is 128 cm³/mol. The smallest absolute Gasteiger partial charge is 0.225 e. The van der Waals surface area contributed by atoms with Gasteiger partial charge in [-0.3, -0.25) is 14.4 Å². The van der Waals surface area contributed by atoms with Gasteiger partial charge in [-0.25, -0.2) is 0 Å². The van der Waals surface area contributed by atoms with Crippen molar-refractivity contribution in [1.82, 2.24) is 14.7 Å². The van der Waals surface area contributed by atoms with Crippen LogP contribution in [0.3, 0.4) is 0 Å². The fourth-order valence-electron chi connectivity index (χ4n) is 4.73. The van der Waals surface area contributed by atoms with Crippen molar-refractivity contribution in [3.8, 4) is 5.75 Å². The number of rotatable bonds is 9. The molecule has 0 saturated carbocycles. The lowest BCUT2D eigenvalue weighted by atomic mass is 9.91. The van der Waals surface area contributed by atoms with E-state index in [1.54, 1.807) is 0 Å². The first kappa shape index (κ1) is 25.1. The molecule has 7 heteroatoms. The summed E-state index contributed by atoms with van der Waals surface area (Å²) in [6.45, 7) is 5.87. The van der Waals surface area contributed by atoms with Gasteiger partial charge in [0, 0.05) is 51.6 Å². The van der Waals surface area contributed by atoms with Gasteiger partial charge in [0.1, 0.15) is 5.75 Å². The Bertz CT molecular complexity index is 769. The van der Waals surface area contributed by atoms with Crippen molar-refractivity contribution < 1.29 is 19.1 Å². The molecule has 0 atom stereocenters. The zero-order valence-corrected chi connectivity index (χ0v) is 20.2. The summed E-state index contributed by atoms with van der Waals surface area (Å²) in [7, 11) is 1.89. The summed E-state index contributed by atoms with van der Waals surface area (Å²) in [5.74, 6) is 1.29. The summed E-state index contributed by atoms with van der Waals surface area (Å²) in [5, 5.41) is 0. The third kappa shape index (κ3) is 7.21. The highest BCUT2D eigenvalue weighted by atomic mass is 16.5. The Morgan fingerprint density at radius 2 is 1.55 bits per heavy atom. The van der Waals surface area contributed by atoms with Crippen LogP contribution < -0.4 is 4.74 Å². The molecule has 1 aromatic carbocycles. The van der Waals surface area contributed by atoms with Crippen molar-refractivity contribution in [3.63, 3.8) is 0 Å². The first-order valence-electron chi connectivity index (χ1n) is 12.5. The number of amides is 3. The molecule has 2 heterocycles. The number of nitrogens with zero attached hydrogens (tertiary/aromatic N) is 3. The lowest BCUT2D eigenvalue weighted by Gasteiger charge is -2.37. The number of carbonyl (C=O) groups is 3. The molecule has 0 N–H and O–H groups in total. The van der Waals surface area contributed by atoms with Gasteiger partial charge in [-0.2, -0.15) is 0 Å². The second kappa shape index (κ2) is 12.6. The second-order valence-corrected chi connectivity index (χ2v) is 9.28. The summed E-state index contributed by atoms with van der Waals surface area (Å²) in [4.78, 5) is 43.8. The minimum atomic E-state index is -0.0194. The number of ether oxygens (including phenoxy) is 1. The normalized spacial score (nSPS) is 17.6. The molecule has 0 radical (unpaired) electrons. The largest absolute Gasteiger partial charge is 0.493 e. The monoisotopic (exact) mass is 457 g/mol. The maximum atomic E-state index is 13.0. The van der Waals surface area contributed by atoms with Crippen molar-refractivity contribution in [2.45, 2.75) is 51.9 Å². The standard InChI is InChI=1S/C26H39N3O4/c1-3-4-15-27(2)25(31)21-12-18-29(19-13-21)26(32)22-10-16-28(17-11-22)24(30)14-20-33-23-8-6-5-7-9-23/h5-9,21-22H,3-4,10-20H2,1-2H3. The van der Waals surface area contributed by atoms with Crippen molar-refractivity contribution in [1.29, 1.82) is 0 Å². The third-order valence-corrected chi connectivity index (χ3v) is 6.90. The van der Waals surface area contributed by atoms with Gasteiger partial charge in [0.2, 0.25) is 17.7 Å². The first-order valence-corrected chi connectivity index (χ1v) is 12.5. The number of benzene rings is 1. The maximum absolute atomic E-state index is 13.0. The van der Waals surface area contributed by atoms with Crippen LogP contribution in [0.4, 0.5) is 0 Å². The molecule has 0 aromatic heterocycles. The number of carbonyl (C=O) groups excluding carboxylic acids is 3. The lowest BCUT2D eigenvalue weighted by Crippen LogP contribution is -2.48. The fraction of sp³-hybridized carbons (Fsp3) is 0.654. The number of hydrogen-bond acceptors (Lipinski definition) is 4. The molecule has 0 unspecified atom stereocenters. The van der Waals surface area contributed by atoms with Crippen molar-refractivity contribution in [3.05, 3.63) is 30.3 Å². The van der Waals surface area contributed by atoms with Crippen molar-refractivity contribution in [2.75, 3.05) is 46.4 Å². The van der Waals surface area contributed by atoms with E-state index in [4.69, 9.17) is 4.74 Å². The van der Waals surface area contributed by atoms with Crippen LogP contribution in [0.1, 0.15) is 51.9 Å². The third-order valence-electron chi connectivity index (χ3n) is 6.90. The molecule has 0 spiro atoms. The molecule has 33 heavy (non-hydrogen) atoms. The molecular weight excluding hydrogens is 418 g/mol. The number of likely N-dealkylation sites (tertiary alicyclic amines) is 2. The molecule has 2 aliphatic rings. The molecule has 2 fully saturated rings. The zero-order valence-electron chi connectivity index (χ0n) is 20.2. The van der Waals surface area contributed by atoms with Crippen molar-refractivity contribution in [2.24, 2.45) is 11.8 Å². The highest BCUT2D eigenvalue weighted by Crippen LogP contribution is 2.25. The van der Waals surface area contributed by atoms with Crippen LogP contribution in [-0.4, -0.2) is 78.8 Å². The predicted octanol–water partition coefficient (Wildman–Crippen LogP) is 3.19. The van der Waals surface area contributed by atoms with Crippen LogP contribution in [0.5, 0.6) is 5.75 Å². The van der Waals surface area contributed by atoms with Crippen LogP contribution in [-0.2, 0) is 14.4 Å². The lowest BCUT2D eigenvalue weighted by molar-refractivity contribution is -0.144. The van der Waals surface area contributed by atoms with Gasteiger partial charge < -0.3 is 19.4 Å². The molecule has 1 aromatic rings. The average molecular weight is 458 g/mol. The second-order valence-electron chi connectivity index (χ2n) is 9.28. The van der Waals surface area contributed by atoms with Crippen LogP contribution in [0.25, 0.3) is 0 Å². The number of unbranched alkanes of at least 4 members (excludes halogenated alkanes) is 1. The Morgan fingerprint density at radius 3 is 2.18 bits per heavy atom. The molecule has 182 valence electrons. The van der Waals surface area contributed by atoms with E-state index in [-0.39, 0.29) is 29.6 Å². The molecular formula is C26H39N3O4. The Labute approximate surface area is 198 Å². The molecule has 3 amide bonds. The number of para-hydroxylation sites is 1. The summed E-state index contributed by atoms with van der Waals surface area (Å²) in [6.07, 6.45) is 5.38. The van der Waals surface area contributed by atoms with E-state index >= 15 is 0 Å². The molecule has 0 aliphatic carbocycles. The van der Waals surface area contributed by atoms with Crippen LogP contribution in [0.2, 0.25) is 0 Å². The zero-order chi connectivity index (χ0) is 23.6. The van der Waals surface area contributed by atoms with E-state index in [9.17, 15) is 14.4 Å². The Hall–Kier alpha value is -2.57. The average Bonchev–Trinajstić information content (AvgIpc) is 2.87.